The van der Waals surface area contributed by atoms with Gasteiger partial charge in [0.25, 0.3) is 0 Å². The number of alkyl carbamates (subject to hydrolysis) is 1. The lowest BCUT2D eigenvalue weighted by molar-refractivity contribution is -0.159. The van der Waals surface area contributed by atoms with Gasteiger partial charge in [0.05, 0.1) is 13.2 Å². The molecule has 8 nitrogen and oxygen atoms in total. The predicted molar refractivity (Wildman–Crippen MR) is 128 cm³/mol. The molecule has 0 bridgehead atoms. The molecule has 5 rings (SSSR count). The fourth-order valence-corrected chi connectivity index (χ4v) is 5.64. The summed E-state index contributed by atoms with van der Waals surface area (Å²) in [6.45, 7) is 0.917. The number of ether oxygens (including phenoxy) is 2. The lowest BCUT2D eigenvalue weighted by atomic mass is 9.98. The molecule has 2 aromatic rings. The summed E-state index contributed by atoms with van der Waals surface area (Å²) < 4.78 is 10.9. The van der Waals surface area contributed by atoms with Gasteiger partial charge in [0.1, 0.15) is 6.61 Å². The number of nitrogens with one attached hydrogen (secondary N) is 1. The number of rotatable bonds is 6. The highest BCUT2D eigenvalue weighted by molar-refractivity contribution is 5.80. The van der Waals surface area contributed by atoms with Gasteiger partial charge in [0, 0.05) is 24.9 Å². The smallest absolute Gasteiger partial charge is 0.407 e. The maximum Gasteiger partial charge on any atom is 0.407 e. The van der Waals surface area contributed by atoms with Gasteiger partial charge in [0.2, 0.25) is 5.91 Å². The zero-order valence-electron chi connectivity index (χ0n) is 19.5. The molecule has 0 aromatic heterocycles. The molecule has 8 heteroatoms. The number of carbonyl (C=O) groups is 3. The van der Waals surface area contributed by atoms with Gasteiger partial charge in [-0.05, 0) is 41.0 Å². The first-order chi connectivity index (χ1) is 17.0. The Bertz CT molecular complexity index is 1070. The van der Waals surface area contributed by atoms with E-state index in [9.17, 15) is 19.5 Å². The van der Waals surface area contributed by atoms with Crippen molar-refractivity contribution in [2.75, 3.05) is 26.3 Å². The topological polar surface area (TPSA) is 105 Å². The number of amides is 2. The molecule has 0 spiro atoms. The number of hydrogen-bond acceptors (Lipinski definition) is 5. The van der Waals surface area contributed by atoms with E-state index in [2.05, 4.69) is 29.6 Å². The minimum atomic E-state index is -1.06. The molecule has 1 aliphatic heterocycles. The number of carboxylic acids is 1. The molecular formula is C27H30N2O6. The van der Waals surface area contributed by atoms with Gasteiger partial charge in [-0.3, -0.25) is 4.79 Å². The maximum atomic E-state index is 12.8. The molecule has 2 amide bonds. The van der Waals surface area contributed by atoms with Crippen LogP contribution in [0.3, 0.4) is 0 Å². The van der Waals surface area contributed by atoms with Gasteiger partial charge in [-0.1, -0.05) is 55.0 Å². The summed E-state index contributed by atoms with van der Waals surface area (Å²) in [7, 11) is 0. The van der Waals surface area contributed by atoms with Gasteiger partial charge < -0.3 is 24.8 Å². The molecule has 1 unspecified atom stereocenters. The SMILES string of the molecule is O=C(N[C@@H]1CCC[C@H]1CC(=O)N1CCOC(C(=O)O)C1)OCC1c2ccccc2-c2ccccc21. The van der Waals surface area contributed by atoms with Crippen LogP contribution in [0.4, 0.5) is 4.79 Å². The fourth-order valence-electron chi connectivity index (χ4n) is 5.64. The minimum absolute atomic E-state index is 0.00222. The van der Waals surface area contributed by atoms with Gasteiger partial charge >= 0.3 is 12.1 Å². The van der Waals surface area contributed by atoms with Crippen molar-refractivity contribution >= 4 is 18.0 Å². The third-order valence-corrected chi connectivity index (χ3v) is 7.44. The molecule has 184 valence electrons. The third kappa shape index (κ3) is 4.89. The van der Waals surface area contributed by atoms with Crippen LogP contribution >= 0.6 is 0 Å². The number of nitrogens with zero attached hydrogens (tertiary/aromatic N) is 1. The van der Waals surface area contributed by atoms with E-state index < -0.39 is 18.2 Å². The van der Waals surface area contributed by atoms with E-state index in [0.717, 1.165) is 30.4 Å². The number of aliphatic carboxylic acids is 1. The van der Waals surface area contributed by atoms with Crippen molar-refractivity contribution in [1.82, 2.24) is 10.2 Å². The first-order valence-electron chi connectivity index (χ1n) is 12.2. The van der Waals surface area contributed by atoms with Gasteiger partial charge in [-0.25, -0.2) is 9.59 Å². The Morgan fingerprint density at radius 3 is 2.40 bits per heavy atom. The highest BCUT2D eigenvalue weighted by Crippen LogP contribution is 2.44. The van der Waals surface area contributed by atoms with Crippen molar-refractivity contribution in [1.29, 1.82) is 0 Å². The molecule has 35 heavy (non-hydrogen) atoms. The molecule has 0 radical (unpaired) electrons. The summed E-state index contributed by atoms with van der Waals surface area (Å²) in [6.07, 6.45) is 1.39. The standard InChI is InChI=1S/C27H30N2O6/c30-25(29-12-13-34-24(15-29)26(31)32)14-17-6-5-11-23(17)28-27(33)35-16-22-20-9-3-1-7-18(20)19-8-2-4-10-21(19)22/h1-4,7-10,17,22-24H,5-6,11-16H2,(H,28,33)(H,31,32)/t17-,23+,24?/m0/s1. The molecule has 3 aliphatic rings. The zero-order chi connectivity index (χ0) is 24.4. The third-order valence-electron chi connectivity index (χ3n) is 7.44. The molecule has 2 aliphatic carbocycles. The van der Waals surface area contributed by atoms with Crippen molar-refractivity contribution in [2.45, 2.75) is 43.7 Å². The largest absolute Gasteiger partial charge is 0.479 e. The van der Waals surface area contributed by atoms with E-state index in [1.807, 2.05) is 24.3 Å². The Morgan fingerprint density at radius 1 is 1.03 bits per heavy atom. The summed E-state index contributed by atoms with van der Waals surface area (Å²) in [5, 5.41) is 12.2. The van der Waals surface area contributed by atoms with Gasteiger partial charge in [-0.2, -0.15) is 0 Å². The second kappa shape index (κ2) is 10.1. The second-order valence-corrected chi connectivity index (χ2v) is 9.51. The Balaban J connectivity index is 1.16. The molecule has 3 atom stereocenters. The fraction of sp³-hybridized carbons (Fsp3) is 0.444. The lowest BCUT2D eigenvalue weighted by Gasteiger charge is -2.32. The summed E-state index contributed by atoms with van der Waals surface area (Å²) in [4.78, 5) is 38.3. The van der Waals surface area contributed by atoms with E-state index >= 15 is 0 Å². The number of hydrogen-bond donors (Lipinski definition) is 2. The second-order valence-electron chi connectivity index (χ2n) is 9.51. The van der Waals surface area contributed by atoms with E-state index in [0.29, 0.717) is 6.54 Å². The monoisotopic (exact) mass is 478 g/mol. The van der Waals surface area contributed by atoms with Crippen LogP contribution in [0.5, 0.6) is 0 Å². The predicted octanol–water partition coefficient (Wildman–Crippen LogP) is 3.40. The Hall–Kier alpha value is -3.39. The Morgan fingerprint density at radius 2 is 1.71 bits per heavy atom. The summed E-state index contributed by atoms with van der Waals surface area (Å²) in [5.41, 5.74) is 4.69. The van der Waals surface area contributed by atoms with Crippen LogP contribution in [0.25, 0.3) is 11.1 Å². The number of carboxylic acid groups (broad SMARTS) is 1. The van der Waals surface area contributed by atoms with E-state index in [-0.39, 0.29) is 50.0 Å². The first-order valence-corrected chi connectivity index (χ1v) is 12.2. The maximum absolute atomic E-state index is 12.8. The molecule has 2 N–H and O–H groups in total. The number of fused-ring (bicyclic) bond motifs is 3. The molecule has 2 aromatic carbocycles. The first kappa shape index (κ1) is 23.4. The molecule has 1 saturated carbocycles. The summed E-state index contributed by atoms with van der Waals surface area (Å²) in [5.74, 6) is -1.14. The number of carbonyl (C=O) groups excluding carboxylic acids is 2. The molecular weight excluding hydrogens is 448 g/mol. The Kier molecular flexibility index (Phi) is 6.72. The number of benzene rings is 2. The van der Waals surface area contributed by atoms with Crippen molar-refractivity contribution in [2.24, 2.45) is 5.92 Å². The minimum Gasteiger partial charge on any atom is -0.479 e. The molecule has 1 heterocycles. The van der Waals surface area contributed by atoms with E-state index in [1.54, 1.807) is 4.90 Å². The van der Waals surface area contributed by atoms with E-state index in [1.165, 1.54) is 11.1 Å². The van der Waals surface area contributed by atoms with Crippen LogP contribution in [-0.2, 0) is 19.1 Å². The average Bonchev–Trinajstić information content (AvgIpc) is 3.44. The quantitative estimate of drug-likeness (QED) is 0.659. The van der Waals surface area contributed by atoms with Crippen LogP contribution in [-0.4, -0.2) is 66.4 Å². The average molecular weight is 479 g/mol. The van der Waals surface area contributed by atoms with Gasteiger partial charge in [0.15, 0.2) is 6.10 Å². The van der Waals surface area contributed by atoms with Crippen molar-refractivity contribution in [3.8, 4) is 11.1 Å². The van der Waals surface area contributed by atoms with Crippen LogP contribution in [0, 0.1) is 5.92 Å². The van der Waals surface area contributed by atoms with Crippen LogP contribution in [0.2, 0.25) is 0 Å². The zero-order valence-corrected chi connectivity index (χ0v) is 19.5. The van der Waals surface area contributed by atoms with Crippen molar-refractivity contribution in [3.63, 3.8) is 0 Å². The number of morpholine rings is 1. The van der Waals surface area contributed by atoms with E-state index in [4.69, 9.17) is 9.47 Å². The van der Waals surface area contributed by atoms with Gasteiger partial charge in [-0.15, -0.1) is 0 Å². The lowest BCUT2D eigenvalue weighted by Crippen LogP contribution is -2.49. The van der Waals surface area contributed by atoms with Crippen LogP contribution in [0.1, 0.15) is 42.7 Å². The highest BCUT2D eigenvalue weighted by Gasteiger charge is 2.35. The van der Waals surface area contributed by atoms with Crippen molar-refractivity contribution < 1.29 is 29.0 Å². The highest BCUT2D eigenvalue weighted by atomic mass is 16.5. The summed E-state index contributed by atoms with van der Waals surface area (Å²) in [6, 6.07) is 16.3. The summed E-state index contributed by atoms with van der Waals surface area (Å²) >= 11 is 0. The van der Waals surface area contributed by atoms with Crippen LogP contribution in [0.15, 0.2) is 48.5 Å². The van der Waals surface area contributed by atoms with Crippen molar-refractivity contribution in [3.05, 3.63) is 59.7 Å². The molecule has 2 fully saturated rings. The Labute approximate surface area is 204 Å². The molecule has 1 saturated heterocycles. The normalized spacial score (nSPS) is 23.4. The van der Waals surface area contributed by atoms with Crippen LogP contribution < -0.4 is 5.32 Å².